The fraction of sp³-hybridized carbons (Fsp3) is 0.0800. The molecule has 0 radical (unpaired) electrons. The van der Waals surface area contributed by atoms with Gasteiger partial charge in [-0.1, -0.05) is 66.2 Å². The molecule has 1 aromatic heterocycles. The van der Waals surface area contributed by atoms with Crippen molar-refractivity contribution in [3.05, 3.63) is 119 Å². The van der Waals surface area contributed by atoms with Gasteiger partial charge >= 0.3 is 0 Å². The maximum atomic E-state index is 12.4. The molecule has 0 fully saturated rings. The molecule has 7 heteroatoms. The molecule has 3 aromatic carbocycles. The van der Waals surface area contributed by atoms with Gasteiger partial charge in [0.25, 0.3) is 5.91 Å². The lowest BCUT2D eigenvalue weighted by molar-refractivity contribution is 0.0949. The number of halogens is 1. The fourth-order valence-electron chi connectivity index (χ4n) is 3.02. The van der Waals surface area contributed by atoms with E-state index in [0.717, 1.165) is 16.7 Å². The molecule has 32 heavy (non-hydrogen) atoms. The zero-order valence-electron chi connectivity index (χ0n) is 17.2. The SMILES string of the molecule is O=C(N/N=C\c1ccccc1OCc1ccccc1)c1ccn(Cc2ccc(Cl)cc2)n1. The van der Waals surface area contributed by atoms with Crippen LogP contribution in [0.5, 0.6) is 5.75 Å². The van der Waals surface area contributed by atoms with Gasteiger partial charge in [-0.2, -0.15) is 10.2 Å². The lowest BCUT2D eigenvalue weighted by Gasteiger charge is -2.08. The van der Waals surface area contributed by atoms with Crippen molar-refractivity contribution < 1.29 is 9.53 Å². The number of amides is 1. The van der Waals surface area contributed by atoms with E-state index in [9.17, 15) is 4.79 Å². The molecule has 1 N–H and O–H groups in total. The summed E-state index contributed by atoms with van der Waals surface area (Å²) in [7, 11) is 0. The number of hydrogen-bond acceptors (Lipinski definition) is 4. The highest BCUT2D eigenvalue weighted by Crippen LogP contribution is 2.17. The van der Waals surface area contributed by atoms with E-state index in [0.29, 0.717) is 23.9 Å². The first-order valence-corrected chi connectivity index (χ1v) is 10.4. The van der Waals surface area contributed by atoms with Crippen LogP contribution in [0.15, 0.2) is 96.2 Å². The summed E-state index contributed by atoms with van der Waals surface area (Å²) in [6, 6.07) is 26.6. The van der Waals surface area contributed by atoms with Crippen molar-refractivity contribution in [3.8, 4) is 5.75 Å². The first kappa shape index (κ1) is 21.3. The molecule has 0 atom stereocenters. The Morgan fingerprint density at radius 1 is 0.969 bits per heavy atom. The number of carbonyl (C=O) groups is 1. The van der Waals surface area contributed by atoms with Crippen molar-refractivity contribution in [2.24, 2.45) is 5.10 Å². The van der Waals surface area contributed by atoms with Gasteiger partial charge in [0.05, 0.1) is 12.8 Å². The molecule has 4 rings (SSSR count). The predicted octanol–water partition coefficient (Wildman–Crippen LogP) is 4.93. The van der Waals surface area contributed by atoms with Crippen LogP contribution < -0.4 is 10.2 Å². The number of aromatic nitrogens is 2. The smallest absolute Gasteiger partial charge is 0.291 e. The minimum absolute atomic E-state index is 0.282. The Morgan fingerprint density at radius 3 is 2.53 bits per heavy atom. The highest BCUT2D eigenvalue weighted by Gasteiger charge is 2.09. The second-order valence-corrected chi connectivity index (χ2v) is 7.47. The Kier molecular flexibility index (Phi) is 6.94. The molecule has 0 aliphatic rings. The van der Waals surface area contributed by atoms with Crippen molar-refractivity contribution >= 4 is 23.7 Å². The summed E-state index contributed by atoms with van der Waals surface area (Å²) in [6.07, 6.45) is 3.31. The maximum absolute atomic E-state index is 12.4. The van der Waals surface area contributed by atoms with Gasteiger partial charge in [0, 0.05) is 16.8 Å². The minimum Gasteiger partial charge on any atom is -0.488 e. The topological polar surface area (TPSA) is 68.5 Å². The van der Waals surface area contributed by atoms with Crippen LogP contribution in [0.3, 0.4) is 0 Å². The zero-order chi connectivity index (χ0) is 22.2. The number of benzene rings is 3. The Balaban J connectivity index is 1.34. The van der Waals surface area contributed by atoms with E-state index in [1.807, 2.05) is 78.9 Å². The summed E-state index contributed by atoms with van der Waals surface area (Å²) >= 11 is 5.91. The molecule has 0 spiro atoms. The Labute approximate surface area is 191 Å². The van der Waals surface area contributed by atoms with Gasteiger partial charge in [-0.05, 0) is 41.5 Å². The van der Waals surface area contributed by atoms with Crippen LogP contribution in [0.4, 0.5) is 0 Å². The minimum atomic E-state index is -0.390. The molecule has 0 saturated carbocycles. The van der Waals surface area contributed by atoms with Crippen LogP contribution in [-0.2, 0) is 13.2 Å². The fourth-order valence-corrected chi connectivity index (χ4v) is 3.15. The van der Waals surface area contributed by atoms with Crippen LogP contribution in [-0.4, -0.2) is 21.9 Å². The van der Waals surface area contributed by atoms with Crippen LogP contribution in [0.25, 0.3) is 0 Å². The second kappa shape index (κ2) is 10.4. The van der Waals surface area contributed by atoms with Crippen molar-refractivity contribution in [1.29, 1.82) is 0 Å². The van der Waals surface area contributed by atoms with E-state index in [1.54, 1.807) is 23.2 Å². The largest absolute Gasteiger partial charge is 0.488 e. The number of para-hydroxylation sites is 1. The summed E-state index contributed by atoms with van der Waals surface area (Å²) in [4.78, 5) is 12.4. The van der Waals surface area contributed by atoms with Gasteiger partial charge in [0.1, 0.15) is 12.4 Å². The highest BCUT2D eigenvalue weighted by atomic mass is 35.5. The van der Waals surface area contributed by atoms with E-state index in [4.69, 9.17) is 16.3 Å². The lowest BCUT2D eigenvalue weighted by Crippen LogP contribution is -2.18. The highest BCUT2D eigenvalue weighted by molar-refractivity contribution is 6.30. The van der Waals surface area contributed by atoms with Gasteiger partial charge in [0.2, 0.25) is 0 Å². The molecule has 4 aromatic rings. The molecule has 1 amide bonds. The average Bonchev–Trinajstić information content (AvgIpc) is 3.29. The monoisotopic (exact) mass is 444 g/mol. The summed E-state index contributed by atoms with van der Waals surface area (Å²) in [6.45, 7) is 0.989. The quantitative estimate of drug-likeness (QED) is 0.309. The van der Waals surface area contributed by atoms with Gasteiger partial charge in [0.15, 0.2) is 5.69 Å². The standard InChI is InChI=1S/C25H21ClN4O2/c26-22-12-10-19(11-13-22)17-30-15-14-23(29-30)25(31)28-27-16-21-8-4-5-9-24(21)32-18-20-6-2-1-3-7-20/h1-16H,17-18H2,(H,28,31)/b27-16-. The Hall–Kier alpha value is -3.90. The molecule has 160 valence electrons. The Morgan fingerprint density at radius 2 is 1.72 bits per heavy atom. The van der Waals surface area contributed by atoms with Crippen molar-refractivity contribution in [2.45, 2.75) is 13.2 Å². The molecule has 0 unspecified atom stereocenters. The lowest BCUT2D eigenvalue weighted by atomic mass is 10.2. The third-order valence-electron chi connectivity index (χ3n) is 4.66. The second-order valence-electron chi connectivity index (χ2n) is 7.04. The van der Waals surface area contributed by atoms with E-state index in [2.05, 4.69) is 15.6 Å². The predicted molar refractivity (Wildman–Crippen MR) is 125 cm³/mol. The summed E-state index contributed by atoms with van der Waals surface area (Å²) in [5.41, 5.74) is 5.67. The average molecular weight is 445 g/mol. The molecule has 0 aliphatic carbocycles. The van der Waals surface area contributed by atoms with Gasteiger partial charge in [-0.25, -0.2) is 5.43 Å². The molecule has 0 bridgehead atoms. The van der Waals surface area contributed by atoms with Crippen molar-refractivity contribution in [1.82, 2.24) is 15.2 Å². The molecule has 0 aliphatic heterocycles. The molecule has 0 saturated heterocycles. The maximum Gasteiger partial charge on any atom is 0.291 e. The third kappa shape index (κ3) is 5.83. The van der Waals surface area contributed by atoms with Gasteiger partial charge in [-0.15, -0.1) is 0 Å². The van der Waals surface area contributed by atoms with E-state index in [-0.39, 0.29) is 5.69 Å². The van der Waals surface area contributed by atoms with Gasteiger partial charge in [-0.3, -0.25) is 9.48 Å². The number of nitrogens with one attached hydrogen (secondary N) is 1. The number of rotatable bonds is 8. The number of nitrogens with zero attached hydrogens (tertiary/aromatic N) is 3. The third-order valence-corrected chi connectivity index (χ3v) is 4.91. The van der Waals surface area contributed by atoms with Crippen molar-refractivity contribution in [2.75, 3.05) is 0 Å². The molecule has 1 heterocycles. The summed E-state index contributed by atoms with van der Waals surface area (Å²) in [5.74, 6) is 0.292. The van der Waals surface area contributed by atoms with Gasteiger partial charge < -0.3 is 4.74 Å². The number of hydrazone groups is 1. The van der Waals surface area contributed by atoms with Crippen LogP contribution in [0.2, 0.25) is 5.02 Å². The Bertz CT molecular complexity index is 1200. The molecule has 6 nitrogen and oxygen atoms in total. The number of hydrogen-bond donors (Lipinski definition) is 1. The van der Waals surface area contributed by atoms with Crippen LogP contribution in [0.1, 0.15) is 27.2 Å². The van der Waals surface area contributed by atoms with Crippen LogP contribution >= 0.6 is 11.6 Å². The number of carbonyl (C=O) groups excluding carboxylic acids is 1. The summed E-state index contributed by atoms with van der Waals surface area (Å²) < 4.78 is 7.59. The van der Waals surface area contributed by atoms with E-state index < -0.39 is 5.91 Å². The van der Waals surface area contributed by atoms with E-state index in [1.165, 1.54) is 0 Å². The first-order chi connectivity index (χ1) is 15.7. The zero-order valence-corrected chi connectivity index (χ0v) is 17.9. The molecular weight excluding hydrogens is 424 g/mol. The van der Waals surface area contributed by atoms with Crippen LogP contribution in [0, 0.1) is 0 Å². The first-order valence-electron chi connectivity index (χ1n) is 10.0. The number of ether oxygens (including phenoxy) is 1. The molecular formula is C25H21ClN4O2. The van der Waals surface area contributed by atoms with E-state index >= 15 is 0 Å². The normalized spacial score (nSPS) is 10.9. The van der Waals surface area contributed by atoms with Crippen molar-refractivity contribution in [3.63, 3.8) is 0 Å². The summed E-state index contributed by atoms with van der Waals surface area (Å²) in [5, 5.41) is 9.06.